The fourth-order valence-electron chi connectivity index (χ4n) is 4.34. The Morgan fingerprint density at radius 3 is 2.38 bits per heavy atom. The highest BCUT2D eigenvalue weighted by atomic mass is 35.5. The maximum atomic E-state index is 12.9. The van der Waals surface area contributed by atoms with E-state index in [0.717, 1.165) is 36.8 Å². The number of imide groups is 1. The van der Waals surface area contributed by atoms with Crippen LogP contribution < -0.4 is 5.32 Å². The lowest BCUT2D eigenvalue weighted by Gasteiger charge is -2.27. The maximum absolute atomic E-state index is 12.9. The monoisotopic (exact) mass is 415 g/mol. The van der Waals surface area contributed by atoms with Gasteiger partial charge in [-0.05, 0) is 49.9 Å². The molecule has 0 aliphatic carbocycles. The zero-order valence-electron chi connectivity index (χ0n) is 16.5. The first-order chi connectivity index (χ1) is 13.6. The van der Waals surface area contributed by atoms with Crippen LogP contribution >= 0.6 is 12.4 Å². The Morgan fingerprint density at radius 2 is 1.76 bits per heavy atom. The van der Waals surface area contributed by atoms with E-state index < -0.39 is 0 Å². The first kappa shape index (κ1) is 21.3. The van der Waals surface area contributed by atoms with E-state index in [1.54, 1.807) is 12.1 Å². The molecule has 1 unspecified atom stereocenters. The van der Waals surface area contributed by atoms with Crippen LogP contribution in [-0.4, -0.2) is 60.7 Å². The quantitative estimate of drug-likeness (QED) is 0.736. The average Bonchev–Trinajstić information content (AvgIpc) is 3.17. The lowest BCUT2D eigenvalue weighted by atomic mass is 9.94. The molecule has 0 saturated carbocycles. The molecule has 2 aliphatic rings. The van der Waals surface area contributed by atoms with Gasteiger partial charge in [-0.3, -0.25) is 19.3 Å². The van der Waals surface area contributed by atoms with Crippen molar-refractivity contribution in [2.45, 2.75) is 19.3 Å². The molecule has 0 spiro atoms. The van der Waals surface area contributed by atoms with Crippen LogP contribution in [0.25, 0.3) is 10.8 Å². The van der Waals surface area contributed by atoms with Gasteiger partial charge in [0.15, 0.2) is 0 Å². The summed E-state index contributed by atoms with van der Waals surface area (Å²) in [6.07, 6.45) is 1.87. The minimum absolute atomic E-state index is 0. The van der Waals surface area contributed by atoms with Crippen LogP contribution in [0, 0.1) is 5.92 Å². The first-order valence-corrected chi connectivity index (χ1v) is 9.90. The third-order valence-corrected chi connectivity index (χ3v) is 5.76. The summed E-state index contributed by atoms with van der Waals surface area (Å²) in [4.78, 5) is 41.4. The van der Waals surface area contributed by atoms with E-state index in [1.807, 2.05) is 36.2 Å². The van der Waals surface area contributed by atoms with Gasteiger partial charge in [-0.2, -0.15) is 0 Å². The predicted molar refractivity (Wildman–Crippen MR) is 114 cm³/mol. The highest BCUT2D eigenvalue weighted by molar-refractivity contribution is 6.25. The summed E-state index contributed by atoms with van der Waals surface area (Å²) in [6.45, 7) is 2.77. The number of halogens is 1. The van der Waals surface area contributed by atoms with Crippen molar-refractivity contribution in [2.24, 2.45) is 5.92 Å². The van der Waals surface area contributed by atoms with Gasteiger partial charge in [-0.1, -0.05) is 24.3 Å². The van der Waals surface area contributed by atoms with Crippen molar-refractivity contribution in [3.63, 3.8) is 0 Å². The van der Waals surface area contributed by atoms with Gasteiger partial charge in [-0.15, -0.1) is 12.4 Å². The largest absolute Gasteiger partial charge is 0.342 e. The molecule has 1 atom stereocenters. The lowest BCUT2D eigenvalue weighted by Crippen LogP contribution is -2.41. The summed E-state index contributed by atoms with van der Waals surface area (Å²) in [5.74, 6) is 0.0863. The summed E-state index contributed by atoms with van der Waals surface area (Å²) in [7, 11) is 1.93. The highest BCUT2D eigenvalue weighted by Crippen LogP contribution is 2.30. The summed E-state index contributed by atoms with van der Waals surface area (Å²) in [5.41, 5.74) is 1.13. The number of carbonyl (C=O) groups excluding carboxylic acids is 3. The Labute approximate surface area is 176 Å². The van der Waals surface area contributed by atoms with Gasteiger partial charge in [0, 0.05) is 42.6 Å². The van der Waals surface area contributed by atoms with E-state index in [-0.39, 0.29) is 36.7 Å². The van der Waals surface area contributed by atoms with Crippen molar-refractivity contribution in [3.8, 4) is 0 Å². The number of amides is 3. The number of benzene rings is 2. The highest BCUT2D eigenvalue weighted by Gasteiger charge is 2.32. The topological polar surface area (TPSA) is 69.7 Å². The SMILES string of the molecule is CNCC1CCN(C(=O)CCCN2C(=O)c3cccc4cccc(c34)C2=O)C1.Cl. The minimum Gasteiger partial charge on any atom is -0.342 e. The maximum Gasteiger partial charge on any atom is 0.261 e. The van der Waals surface area contributed by atoms with Crippen molar-refractivity contribution >= 4 is 40.9 Å². The van der Waals surface area contributed by atoms with Gasteiger partial charge in [0.25, 0.3) is 11.8 Å². The molecule has 1 fully saturated rings. The molecule has 2 aromatic carbocycles. The number of hydrogen-bond donors (Lipinski definition) is 1. The number of carbonyl (C=O) groups is 3. The van der Waals surface area contributed by atoms with E-state index in [1.165, 1.54) is 4.90 Å². The molecule has 1 saturated heterocycles. The zero-order valence-corrected chi connectivity index (χ0v) is 17.3. The molecule has 2 aromatic rings. The summed E-state index contributed by atoms with van der Waals surface area (Å²) in [5, 5.41) is 4.80. The lowest BCUT2D eigenvalue weighted by molar-refractivity contribution is -0.130. The number of likely N-dealkylation sites (tertiary alicyclic amines) is 1. The average molecular weight is 416 g/mol. The molecule has 0 aromatic heterocycles. The van der Waals surface area contributed by atoms with Gasteiger partial charge in [-0.25, -0.2) is 0 Å². The normalized spacial score (nSPS) is 18.3. The van der Waals surface area contributed by atoms with Crippen LogP contribution in [0.3, 0.4) is 0 Å². The second-order valence-electron chi connectivity index (χ2n) is 7.63. The van der Waals surface area contributed by atoms with Crippen molar-refractivity contribution in [1.29, 1.82) is 0 Å². The van der Waals surface area contributed by atoms with Crippen molar-refractivity contribution in [1.82, 2.24) is 15.1 Å². The Morgan fingerprint density at radius 1 is 1.10 bits per heavy atom. The molecular formula is C22H26ClN3O3. The van der Waals surface area contributed by atoms with Crippen LogP contribution in [0.5, 0.6) is 0 Å². The number of hydrogen-bond acceptors (Lipinski definition) is 4. The number of rotatable bonds is 6. The molecule has 2 aliphatic heterocycles. The zero-order chi connectivity index (χ0) is 19.7. The van der Waals surface area contributed by atoms with Gasteiger partial charge < -0.3 is 10.2 Å². The first-order valence-electron chi connectivity index (χ1n) is 9.90. The minimum atomic E-state index is -0.267. The summed E-state index contributed by atoms with van der Waals surface area (Å²) >= 11 is 0. The van der Waals surface area contributed by atoms with E-state index in [4.69, 9.17) is 0 Å². The fraction of sp³-hybridized carbons (Fsp3) is 0.409. The smallest absolute Gasteiger partial charge is 0.261 e. The molecule has 2 heterocycles. The van der Waals surface area contributed by atoms with Crippen LogP contribution in [0.4, 0.5) is 0 Å². The van der Waals surface area contributed by atoms with Crippen LogP contribution in [0.2, 0.25) is 0 Å². The molecule has 7 heteroatoms. The molecule has 4 rings (SSSR count). The summed E-state index contributed by atoms with van der Waals surface area (Å²) < 4.78 is 0. The predicted octanol–water partition coefficient (Wildman–Crippen LogP) is 2.71. The van der Waals surface area contributed by atoms with Crippen molar-refractivity contribution in [3.05, 3.63) is 47.5 Å². The molecular weight excluding hydrogens is 390 g/mol. The van der Waals surface area contributed by atoms with Crippen LogP contribution in [0.1, 0.15) is 40.0 Å². The third-order valence-electron chi connectivity index (χ3n) is 5.76. The second-order valence-corrected chi connectivity index (χ2v) is 7.63. The fourth-order valence-corrected chi connectivity index (χ4v) is 4.34. The number of nitrogens with one attached hydrogen (secondary N) is 1. The third kappa shape index (κ3) is 4.00. The van der Waals surface area contributed by atoms with Crippen molar-refractivity contribution < 1.29 is 14.4 Å². The Bertz CT molecular complexity index is 895. The molecule has 1 N–H and O–H groups in total. The molecule has 0 radical (unpaired) electrons. The molecule has 29 heavy (non-hydrogen) atoms. The van der Waals surface area contributed by atoms with Gasteiger partial charge in [0.05, 0.1) is 0 Å². The Hall–Kier alpha value is -2.44. The second kappa shape index (κ2) is 8.93. The Balaban J connectivity index is 0.00000240. The van der Waals surface area contributed by atoms with Gasteiger partial charge in [0.1, 0.15) is 0 Å². The standard InChI is InChI=1S/C22H25N3O3.ClH/c1-23-13-15-10-12-24(14-15)19(26)9-4-11-25-21(27)17-7-2-5-16-6-3-8-18(20(16)17)22(25)28;/h2-3,5-8,15,23H,4,9-14H2,1H3;1H. The van der Waals surface area contributed by atoms with E-state index >= 15 is 0 Å². The Kier molecular flexibility index (Phi) is 6.55. The van der Waals surface area contributed by atoms with Gasteiger partial charge in [0.2, 0.25) is 5.91 Å². The van der Waals surface area contributed by atoms with Crippen molar-refractivity contribution in [2.75, 3.05) is 33.2 Å². The number of nitrogens with zero attached hydrogens (tertiary/aromatic N) is 2. The molecule has 3 amide bonds. The molecule has 6 nitrogen and oxygen atoms in total. The van der Waals surface area contributed by atoms with Crippen LogP contribution in [0.15, 0.2) is 36.4 Å². The van der Waals surface area contributed by atoms with E-state index in [9.17, 15) is 14.4 Å². The van der Waals surface area contributed by atoms with E-state index in [2.05, 4.69) is 5.32 Å². The van der Waals surface area contributed by atoms with E-state index in [0.29, 0.717) is 29.9 Å². The molecule has 154 valence electrons. The van der Waals surface area contributed by atoms with Gasteiger partial charge >= 0.3 is 0 Å². The summed E-state index contributed by atoms with van der Waals surface area (Å²) in [6, 6.07) is 11.0. The molecule has 0 bridgehead atoms. The van der Waals surface area contributed by atoms with Crippen LogP contribution in [-0.2, 0) is 4.79 Å².